The molecule has 0 spiro atoms. The van der Waals surface area contributed by atoms with E-state index in [1.807, 2.05) is 0 Å². The zero-order valence-electron chi connectivity index (χ0n) is 10.4. The molecule has 0 bridgehead atoms. The van der Waals surface area contributed by atoms with E-state index < -0.39 is 23.7 Å². The molecule has 1 aromatic rings. The van der Waals surface area contributed by atoms with Gasteiger partial charge in [0.2, 0.25) is 0 Å². The molecular formula is C13H17NO4. The summed E-state index contributed by atoms with van der Waals surface area (Å²) in [5.74, 6) is -0.305. The van der Waals surface area contributed by atoms with Gasteiger partial charge in [-0.05, 0) is 31.0 Å². The SMILES string of the molecule is CN1C(=O)[C@](C)(O)[C@H](O)[C@@H]1Cc1ccc(O)cc1. The smallest absolute Gasteiger partial charge is 0.257 e. The minimum absolute atomic E-state index is 0.169. The Labute approximate surface area is 105 Å². The zero-order chi connectivity index (χ0) is 13.5. The van der Waals surface area contributed by atoms with Crippen LogP contribution in [0.1, 0.15) is 12.5 Å². The lowest BCUT2D eigenvalue weighted by atomic mass is 9.94. The van der Waals surface area contributed by atoms with Crippen LogP contribution in [0.2, 0.25) is 0 Å². The molecule has 2 rings (SSSR count). The van der Waals surface area contributed by atoms with E-state index in [0.717, 1.165) is 5.56 Å². The van der Waals surface area contributed by atoms with Gasteiger partial charge in [0.15, 0.2) is 5.60 Å². The van der Waals surface area contributed by atoms with E-state index in [1.54, 1.807) is 31.3 Å². The van der Waals surface area contributed by atoms with Crippen molar-refractivity contribution in [3.63, 3.8) is 0 Å². The van der Waals surface area contributed by atoms with Crippen molar-refractivity contribution in [1.82, 2.24) is 4.90 Å². The number of hydrogen-bond donors (Lipinski definition) is 3. The van der Waals surface area contributed by atoms with E-state index in [-0.39, 0.29) is 5.75 Å². The molecular weight excluding hydrogens is 234 g/mol. The van der Waals surface area contributed by atoms with E-state index in [2.05, 4.69) is 0 Å². The van der Waals surface area contributed by atoms with Gasteiger partial charge in [0.05, 0.1) is 6.04 Å². The highest BCUT2D eigenvalue weighted by atomic mass is 16.4. The van der Waals surface area contributed by atoms with Crippen molar-refractivity contribution in [2.24, 2.45) is 0 Å². The summed E-state index contributed by atoms with van der Waals surface area (Å²) in [6.45, 7) is 1.33. The average Bonchev–Trinajstić information content (AvgIpc) is 2.47. The number of phenolic OH excluding ortho intramolecular Hbond substituents is 1. The number of nitrogens with zero attached hydrogens (tertiary/aromatic N) is 1. The second-order valence-corrected chi connectivity index (χ2v) is 4.95. The standard InChI is InChI=1S/C13H17NO4/c1-13(18)11(16)10(14(2)12(13)17)7-8-3-5-9(15)6-4-8/h3-6,10-11,15-16,18H,7H2,1-2H3/t10-,11+,13+/m0/s1. The molecule has 1 saturated heterocycles. The number of hydrogen-bond acceptors (Lipinski definition) is 4. The second-order valence-electron chi connectivity index (χ2n) is 4.95. The van der Waals surface area contributed by atoms with Crippen LogP contribution in [-0.4, -0.2) is 50.9 Å². The molecule has 98 valence electrons. The number of aliphatic hydroxyl groups excluding tert-OH is 1. The van der Waals surface area contributed by atoms with E-state index in [0.29, 0.717) is 6.42 Å². The van der Waals surface area contributed by atoms with Crippen LogP contribution in [0.3, 0.4) is 0 Å². The van der Waals surface area contributed by atoms with Crippen LogP contribution < -0.4 is 0 Å². The number of likely N-dealkylation sites (tertiary alicyclic amines) is 1. The summed E-state index contributed by atoms with van der Waals surface area (Å²) >= 11 is 0. The number of carbonyl (C=O) groups is 1. The monoisotopic (exact) mass is 251 g/mol. The molecule has 0 aromatic heterocycles. The number of rotatable bonds is 2. The van der Waals surface area contributed by atoms with Gasteiger partial charge in [0, 0.05) is 7.05 Å². The lowest BCUT2D eigenvalue weighted by Gasteiger charge is -2.22. The number of amides is 1. The van der Waals surface area contributed by atoms with Crippen LogP contribution in [0.25, 0.3) is 0 Å². The Balaban J connectivity index is 2.19. The summed E-state index contributed by atoms with van der Waals surface area (Å²) < 4.78 is 0. The van der Waals surface area contributed by atoms with Crippen molar-refractivity contribution in [1.29, 1.82) is 0 Å². The predicted molar refractivity (Wildman–Crippen MR) is 65.0 cm³/mol. The normalized spacial score (nSPS) is 32.0. The maximum Gasteiger partial charge on any atom is 0.257 e. The zero-order valence-corrected chi connectivity index (χ0v) is 10.4. The van der Waals surface area contributed by atoms with Crippen LogP contribution in [0, 0.1) is 0 Å². The van der Waals surface area contributed by atoms with Crippen molar-refractivity contribution in [2.75, 3.05) is 7.05 Å². The molecule has 5 nitrogen and oxygen atoms in total. The van der Waals surface area contributed by atoms with Gasteiger partial charge < -0.3 is 20.2 Å². The van der Waals surface area contributed by atoms with Gasteiger partial charge in [-0.25, -0.2) is 0 Å². The van der Waals surface area contributed by atoms with Crippen LogP contribution in [0.15, 0.2) is 24.3 Å². The molecule has 0 unspecified atom stereocenters. The van der Waals surface area contributed by atoms with Gasteiger partial charge in [0.1, 0.15) is 11.9 Å². The lowest BCUT2D eigenvalue weighted by molar-refractivity contribution is -0.144. The molecule has 0 radical (unpaired) electrons. The number of aliphatic hydroxyl groups is 2. The Hall–Kier alpha value is -1.59. The lowest BCUT2D eigenvalue weighted by Crippen LogP contribution is -2.43. The fourth-order valence-corrected chi connectivity index (χ4v) is 2.34. The van der Waals surface area contributed by atoms with Crippen LogP contribution >= 0.6 is 0 Å². The van der Waals surface area contributed by atoms with Gasteiger partial charge in [-0.3, -0.25) is 4.79 Å². The average molecular weight is 251 g/mol. The number of phenols is 1. The summed E-state index contributed by atoms with van der Waals surface area (Å²) in [7, 11) is 1.57. The third kappa shape index (κ3) is 1.95. The van der Waals surface area contributed by atoms with Gasteiger partial charge >= 0.3 is 0 Å². The predicted octanol–water partition coefficient (Wildman–Crippen LogP) is -0.113. The molecule has 18 heavy (non-hydrogen) atoms. The van der Waals surface area contributed by atoms with Crippen molar-refractivity contribution in [3.05, 3.63) is 29.8 Å². The minimum Gasteiger partial charge on any atom is -0.508 e. The molecule has 0 aliphatic carbocycles. The number of aromatic hydroxyl groups is 1. The summed E-state index contributed by atoms with van der Waals surface area (Å²) in [5, 5.41) is 29.1. The first-order valence-corrected chi connectivity index (χ1v) is 5.79. The minimum atomic E-state index is -1.73. The van der Waals surface area contributed by atoms with Gasteiger partial charge in [-0.1, -0.05) is 12.1 Å². The van der Waals surface area contributed by atoms with Gasteiger partial charge in [-0.2, -0.15) is 0 Å². The van der Waals surface area contributed by atoms with Crippen molar-refractivity contribution < 1.29 is 20.1 Å². The fraction of sp³-hybridized carbons (Fsp3) is 0.462. The highest BCUT2D eigenvalue weighted by Gasteiger charge is 2.53. The van der Waals surface area contributed by atoms with Crippen molar-refractivity contribution in [2.45, 2.75) is 31.1 Å². The first kappa shape index (κ1) is 12.9. The van der Waals surface area contributed by atoms with Crippen LogP contribution in [0.5, 0.6) is 5.75 Å². The number of likely N-dealkylation sites (N-methyl/N-ethyl adjacent to an activating group) is 1. The summed E-state index contributed by atoms with van der Waals surface area (Å²) in [6.07, 6.45) is -0.691. The first-order chi connectivity index (χ1) is 8.34. The second kappa shape index (κ2) is 4.26. The largest absolute Gasteiger partial charge is 0.508 e. The maximum absolute atomic E-state index is 11.8. The Morgan fingerprint density at radius 1 is 1.33 bits per heavy atom. The molecule has 0 saturated carbocycles. The van der Waals surface area contributed by atoms with E-state index in [4.69, 9.17) is 0 Å². The maximum atomic E-state index is 11.8. The van der Waals surface area contributed by atoms with E-state index in [9.17, 15) is 20.1 Å². The topological polar surface area (TPSA) is 81.0 Å². The van der Waals surface area contributed by atoms with Crippen LogP contribution in [-0.2, 0) is 11.2 Å². The highest BCUT2D eigenvalue weighted by molar-refractivity contribution is 5.88. The molecule has 1 fully saturated rings. The third-order valence-corrected chi connectivity index (χ3v) is 3.57. The van der Waals surface area contributed by atoms with Crippen molar-refractivity contribution in [3.8, 4) is 5.75 Å². The number of benzene rings is 1. The van der Waals surface area contributed by atoms with Crippen molar-refractivity contribution >= 4 is 5.91 Å². The van der Waals surface area contributed by atoms with E-state index in [1.165, 1.54) is 11.8 Å². The Morgan fingerprint density at radius 2 is 1.89 bits per heavy atom. The Bertz CT molecular complexity index is 455. The summed E-state index contributed by atoms with van der Waals surface area (Å²) in [6, 6.07) is 6.10. The molecule has 1 amide bonds. The third-order valence-electron chi connectivity index (χ3n) is 3.57. The fourth-order valence-electron chi connectivity index (χ4n) is 2.34. The molecule has 3 N–H and O–H groups in total. The Kier molecular flexibility index (Phi) is 3.04. The van der Waals surface area contributed by atoms with Gasteiger partial charge in [0.25, 0.3) is 5.91 Å². The molecule has 1 heterocycles. The summed E-state index contributed by atoms with van der Waals surface area (Å²) in [5.41, 5.74) is -0.842. The molecule has 5 heteroatoms. The quantitative estimate of drug-likeness (QED) is 0.685. The van der Waals surface area contributed by atoms with Gasteiger partial charge in [-0.15, -0.1) is 0 Å². The van der Waals surface area contributed by atoms with Crippen LogP contribution in [0.4, 0.5) is 0 Å². The molecule has 1 aliphatic heterocycles. The first-order valence-electron chi connectivity index (χ1n) is 5.79. The highest BCUT2D eigenvalue weighted by Crippen LogP contribution is 2.29. The number of carbonyl (C=O) groups excluding carboxylic acids is 1. The molecule has 3 atom stereocenters. The Morgan fingerprint density at radius 3 is 2.33 bits per heavy atom. The molecule has 1 aliphatic rings. The summed E-state index contributed by atoms with van der Waals surface area (Å²) in [4.78, 5) is 13.1. The molecule has 1 aromatic carbocycles. The van der Waals surface area contributed by atoms with E-state index >= 15 is 0 Å².